The van der Waals surface area contributed by atoms with E-state index < -0.39 is 41.9 Å². The first-order valence-corrected chi connectivity index (χ1v) is 6.42. The first-order valence-electron chi connectivity index (χ1n) is 6.42. The van der Waals surface area contributed by atoms with Gasteiger partial charge < -0.3 is 5.32 Å². The molecule has 0 aliphatic carbocycles. The third-order valence-corrected chi connectivity index (χ3v) is 3.02. The molecular formula is C13H14F2N4O3. The highest BCUT2D eigenvalue weighted by molar-refractivity contribution is 6.07. The SMILES string of the molecule is CC(=O)NNC(=O)CN1C(=O)C(C)Nc2cc(F)c(F)cc21. The van der Waals surface area contributed by atoms with Crippen LogP contribution in [0.3, 0.4) is 0 Å². The molecule has 1 unspecified atom stereocenters. The number of halogens is 2. The quantitative estimate of drug-likeness (QED) is 0.684. The van der Waals surface area contributed by atoms with Gasteiger partial charge in [-0.3, -0.25) is 30.1 Å². The fourth-order valence-electron chi connectivity index (χ4n) is 2.03. The lowest BCUT2D eigenvalue weighted by molar-refractivity contribution is -0.128. The van der Waals surface area contributed by atoms with Gasteiger partial charge in [-0.25, -0.2) is 8.78 Å². The second-order valence-electron chi connectivity index (χ2n) is 4.80. The predicted molar refractivity (Wildman–Crippen MR) is 73.8 cm³/mol. The Balaban J connectivity index is 2.27. The molecule has 0 saturated heterocycles. The minimum absolute atomic E-state index is 0.0555. The van der Waals surface area contributed by atoms with Crippen molar-refractivity contribution in [2.75, 3.05) is 16.8 Å². The van der Waals surface area contributed by atoms with E-state index in [2.05, 4.69) is 16.2 Å². The van der Waals surface area contributed by atoms with Crippen LogP contribution in [-0.2, 0) is 14.4 Å². The van der Waals surface area contributed by atoms with Crippen LogP contribution >= 0.6 is 0 Å². The van der Waals surface area contributed by atoms with Gasteiger partial charge in [0.1, 0.15) is 12.6 Å². The average molecular weight is 312 g/mol. The van der Waals surface area contributed by atoms with E-state index in [4.69, 9.17) is 0 Å². The molecule has 118 valence electrons. The summed E-state index contributed by atoms with van der Waals surface area (Å²) in [6.45, 7) is 2.29. The van der Waals surface area contributed by atoms with Crippen molar-refractivity contribution in [3.63, 3.8) is 0 Å². The number of benzene rings is 1. The Kier molecular flexibility index (Phi) is 4.25. The van der Waals surface area contributed by atoms with Crippen molar-refractivity contribution in [3.05, 3.63) is 23.8 Å². The first-order chi connectivity index (χ1) is 10.3. The number of anilines is 2. The van der Waals surface area contributed by atoms with Gasteiger partial charge in [0.05, 0.1) is 11.4 Å². The van der Waals surface area contributed by atoms with Gasteiger partial charge in [0.25, 0.3) is 5.91 Å². The maximum atomic E-state index is 13.4. The van der Waals surface area contributed by atoms with Gasteiger partial charge in [-0.2, -0.15) is 0 Å². The molecule has 3 N–H and O–H groups in total. The Hall–Kier alpha value is -2.71. The minimum atomic E-state index is -1.13. The van der Waals surface area contributed by atoms with Gasteiger partial charge in [-0.15, -0.1) is 0 Å². The highest BCUT2D eigenvalue weighted by Crippen LogP contribution is 2.33. The number of rotatable bonds is 2. The molecule has 1 aliphatic heterocycles. The number of amides is 3. The lowest BCUT2D eigenvalue weighted by Crippen LogP contribution is -2.52. The summed E-state index contributed by atoms with van der Waals surface area (Å²) in [5.41, 5.74) is 4.44. The minimum Gasteiger partial charge on any atom is -0.372 e. The van der Waals surface area contributed by atoms with Crippen LogP contribution in [0.4, 0.5) is 20.2 Å². The molecule has 1 heterocycles. The summed E-state index contributed by atoms with van der Waals surface area (Å²) in [7, 11) is 0. The van der Waals surface area contributed by atoms with Crippen LogP contribution in [0.5, 0.6) is 0 Å². The van der Waals surface area contributed by atoms with Crippen molar-refractivity contribution in [3.8, 4) is 0 Å². The number of carbonyl (C=O) groups is 3. The second-order valence-corrected chi connectivity index (χ2v) is 4.80. The maximum absolute atomic E-state index is 13.4. The maximum Gasteiger partial charge on any atom is 0.258 e. The summed E-state index contributed by atoms with van der Waals surface area (Å²) in [4.78, 5) is 35.6. The Bertz CT molecular complexity index is 650. The molecule has 1 aromatic carbocycles. The van der Waals surface area contributed by atoms with Crippen LogP contribution < -0.4 is 21.1 Å². The van der Waals surface area contributed by atoms with Crippen molar-refractivity contribution in [2.45, 2.75) is 19.9 Å². The molecule has 2 rings (SSSR count). The third-order valence-electron chi connectivity index (χ3n) is 3.02. The summed E-state index contributed by atoms with van der Waals surface area (Å²) >= 11 is 0. The molecule has 1 aliphatic rings. The largest absolute Gasteiger partial charge is 0.372 e. The monoisotopic (exact) mass is 312 g/mol. The molecule has 3 amide bonds. The standard InChI is InChI=1S/C13H14F2N4O3/c1-6-13(22)19(5-12(21)18-17-7(2)20)11-4-9(15)8(14)3-10(11)16-6/h3-4,6,16H,5H2,1-2H3,(H,17,20)(H,18,21). The van der Waals surface area contributed by atoms with Crippen LogP contribution in [-0.4, -0.2) is 30.3 Å². The molecule has 0 aromatic heterocycles. The van der Waals surface area contributed by atoms with Crippen LogP contribution in [0.15, 0.2) is 12.1 Å². The number of carbonyl (C=O) groups excluding carboxylic acids is 3. The van der Waals surface area contributed by atoms with Crippen molar-refractivity contribution in [2.24, 2.45) is 0 Å². The van der Waals surface area contributed by atoms with Crippen LogP contribution in [0.25, 0.3) is 0 Å². The van der Waals surface area contributed by atoms with E-state index in [1.54, 1.807) is 0 Å². The number of fused-ring (bicyclic) bond motifs is 1. The van der Waals surface area contributed by atoms with E-state index >= 15 is 0 Å². The molecule has 7 nitrogen and oxygen atoms in total. The lowest BCUT2D eigenvalue weighted by atomic mass is 10.1. The molecule has 1 atom stereocenters. The molecule has 1 aromatic rings. The molecule has 9 heteroatoms. The molecule has 0 radical (unpaired) electrons. The number of hydrogen-bond donors (Lipinski definition) is 3. The smallest absolute Gasteiger partial charge is 0.258 e. The molecule has 0 saturated carbocycles. The second kappa shape index (κ2) is 5.96. The van der Waals surface area contributed by atoms with Crippen LogP contribution in [0.2, 0.25) is 0 Å². The van der Waals surface area contributed by atoms with Crippen molar-refractivity contribution < 1.29 is 23.2 Å². The fourth-order valence-corrected chi connectivity index (χ4v) is 2.03. The molecular weight excluding hydrogens is 298 g/mol. The molecule has 0 fully saturated rings. The van der Waals surface area contributed by atoms with E-state index in [0.717, 1.165) is 17.0 Å². The van der Waals surface area contributed by atoms with Crippen molar-refractivity contribution in [1.82, 2.24) is 10.9 Å². The van der Waals surface area contributed by atoms with Gasteiger partial charge in [-0.1, -0.05) is 0 Å². The predicted octanol–water partition coefficient (Wildman–Crippen LogP) is 0.279. The highest BCUT2D eigenvalue weighted by atomic mass is 19.2. The number of hydrazine groups is 1. The molecule has 0 spiro atoms. The Morgan fingerprint density at radius 3 is 2.55 bits per heavy atom. The zero-order valence-corrected chi connectivity index (χ0v) is 11.9. The molecule has 22 heavy (non-hydrogen) atoms. The summed E-state index contributed by atoms with van der Waals surface area (Å²) in [6.07, 6.45) is 0. The van der Waals surface area contributed by atoms with E-state index in [0.29, 0.717) is 0 Å². The van der Waals surface area contributed by atoms with Gasteiger partial charge in [0.2, 0.25) is 11.8 Å². The summed E-state index contributed by atoms with van der Waals surface area (Å²) in [5, 5.41) is 2.73. The van der Waals surface area contributed by atoms with E-state index in [1.807, 2.05) is 0 Å². The zero-order valence-electron chi connectivity index (χ0n) is 11.9. The van der Waals surface area contributed by atoms with E-state index in [1.165, 1.54) is 13.8 Å². The first kappa shape index (κ1) is 15.7. The molecule has 0 bridgehead atoms. The van der Waals surface area contributed by atoms with Gasteiger partial charge in [0, 0.05) is 19.1 Å². The normalized spacial score (nSPS) is 16.6. The van der Waals surface area contributed by atoms with Gasteiger partial charge >= 0.3 is 0 Å². The van der Waals surface area contributed by atoms with E-state index in [9.17, 15) is 23.2 Å². The average Bonchev–Trinajstić information content (AvgIpc) is 2.44. The third kappa shape index (κ3) is 3.13. The Morgan fingerprint density at radius 2 is 1.91 bits per heavy atom. The van der Waals surface area contributed by atoms with Gasteiger partial charge in [0.15, 0.2) is 11.6 Å². The summed E-state index contributed by atoms with van der Waals surface area (Å²) < 4.78 is 26.7. The van der Waals surface area contributed by atoms with Gasteiger partial charge in [-0.05, 0) is 6.92 Å². The summed E-state index contributed by atoms with van der Waals surface area (Å²) in [5.74, 6) is -3.82. The zero-order chi connectivity index (χ0) is 16.4. The number of nitrogens with one attached hydrogen (secondary N) is 3. The fraction of sp³-hybridized carbons (Fsp3) is 0.308. The van der Waals surface area contributed by atoms with Crippen molar-refractivity contribution >= 4 is 29.1 Å². The number of nitrogens with zero attached hydrogens (tertiary/aromatic N) is 1. The number of hydrogen-bond acceptors (Lipinski definition) is 4. The van der Waals surface area contributed by atoms with E-state index in [-0.39, 0.29) is 11.4 Å². The van der Waals surface area contributed by atoms with Crippen LogP contribution in [0.1, 0.15) is 13.8 Å². The van der Waals surface area contributed by atoms with Crippen LogP contribution in [0, 0.1) is 11.6 Å². The Labute approximate surface area is 124 Å². The Morgan fingerprint density at radius 1 is 1.27 bits per heavy atom. The summed E-state index contributed by atoms with van der Waals surface area (Å²) in [6, 6.07) is 1.06. The topological polar surface area (TPSA) is 90.5 Å². The van der Waals surface area contributed by atoms with Crippen molar-refractivity contribution in [1.29, 1.82) is 0 Å². The lowest BCUT2D eigenvalue weighted by Gasteiger charge is -2.33. The highest BCUT2D eigenvalue weighted by Gasteiger charge is 2.32.